The van der Waals surface area contributed by atoms with E-state index in [0.717, 1.165) is 128 Å². The van der Waals surface area contributed by atoms with E-state index in [2.05, 4.69) is 195 Å². The number of nitrogens with zero attached hydrogens (tertiary/aromatic N) is 12. The minimum absolute atomic E-state index is 0.512. The first-order chi connectivity index (χ1) is 38.1. The molecule has 7 heterocycles. The molecule has 0 radical (unpaired) electrons. The number of hydrogen-bond donors (Lipinski definition) is 0. The molecule has 77 heavy (non-hydrogen) atoms. The predicted octanol–water partition coefficient (Wildman–Crippen LogP) is 14.4. The third-order valence-electron chi connectivity index (χ3n) is 15.6. The second-order valence-corrected chi connectivity index (χ2v) is 19.5. The van der Waals surface area contributed by atoms with Gasteiger partial charge in [0.15, 0.2) is 0 Å². The van der Waals surface area contributed by atoms with E-state index < -0.39 is 0 Å². The molecule has 10 aromatic carbocycles. The SMILES string of the molecule is N#Cc1cccc(-n2c3ccccc3c3ccccc32)c1-n1c2ccccc2n2c3cc(-c4ccc5nc6n(-c7cccc(C#N)c7-n7c8ccccc8n8c9ccccc9nc78)c7ccccc7n6c5c4)ccc3nc12. The number of aromatic nitrogens is 10. The molecule has 0 fully saturated rings. The molecular formula is C65H36N12. The zero-order chi connectivity index (χ0) is 50.6. The van der Waals surface area contributed by atoms with Crippen LogP contribution in [0.25, 0.3) is 139 Å². The van der Waals surface area contributed by atoms with Crippen molar-refractivity contribution in [2.45, 2.75) is 0 Å². The maximum atomic E-state index is 10.9. The molecule has 0 N–H and O–H groups in total. The van der Waals surface area contributed by atoms with Crippen LogP contribution in [0, 0.1) is 22.7 Å². The van der Waals surface area contributed by atoms with E-state index in [1.807, 2.05) is 66.7 Å². The Morgan fingerprint density at radius 3 is 1.13 bits per heavy atom. The average Bonchev–Trinajstić information content (AvgIpc) is 4.53. The lowest BCUT2D eigenvalue weighted by atomic mass is 10.0. The molecule has 0 aliphatic rings. The van der Waals surface area contributed by atoms with Gasteiger partial charge >= 0.3 is 0 Å². The Morgan fingerprint density at radius 1 is 0.286 bits per heavy atom. The lowest BCUT2D eigenvalue weighted by Crippen LogP contribution is -2.06. The van der Waals surface area contributed by atoms with Crippen LogP contribution in [0.2, 0.25) is 0 Å². The van der Waals surface area contributed by atoms with E-state index in [1.165, 1.54) is 0 Å². The van der Waals surface area contributed by atoms with Crippen LogP contribution in [0.1, 0.15) is 11.1 Å². The molecule has 0 saturated heterocycles. The van der Waals surface area contributed by atoms with Crippen LogP contribution in [0.15, 0.2) is 218 Å². The van der Waals surface area contributed by atoms with E-state index in [-0.39, 0.29) is 0 Å². The Bertz CT molecular complexity index is 5460. The highest BCUT2D eigenvalue weighted by molar-refractivity contribution is 6.10. The van der Waals surface area contributed by atoms with Gasteiger partial charge in [-0.2, -0.15) is 10.5 Å². The largest absolute Gasteiger partial charge is 0.307 e. The molecule has 17 aromatic rings. The fraction of sp³-hybridized carbons (Fsp3) is 0. The lowest BCUT2D eigenvalue weighted by molar-refractivity contribution is 1.04. The van der Waals surface area contributed by atoms with E-state index in [4.69, 9.17) is 15.0 Å². The first kappa shape index (κ1) is 41.3. The van der Waals surface area contributed by atoms with Crippen molar-refractivity contribution in [3.63, 3.8) is 0 Å². The van der Waals surface area contributed by atoms with Crippen molar-refractivity contribution in [2.75, 3.05) is 0 Å². The summed E-state index contributed by atoms with van der Waals surface area (Å²) in [6, 6.07) is 79.9. The highest BCUT2D eigenvalue weighted by Gasteiger charge is 2.27. The Balaban J connectivity index is 0.868. The van der Waals surface area contributed by atoms with Gasteiger partial charge in [0, 0.05) is 10.8 Å². The Labute approximate surface area is 435 Å². The molecule has 0 saturated carbocycles. The maximum absolute atomic E-state index is 10.9. The van der Waals surface area contributed by atoms with Crippen LogP contribution >= 0.6 is 0 Å². The van der Waals surface area contributed by atoms with Gasteiger partial charge in [-0.15, -0.1) is 0 Å². The van der Waals surface area contributed by atoms with Gasteiger partial charge in [-0.05, 0) is 120 Å². The van der Waals surface area contributed by atoms with E-state index >= 15 is 0 Å². The normalized spacial score (nSPS) is 12.1. The second-order valence-electron chi connectivity index (χ2n) is 19.5. The molecule has 356 valence electrons. The Kier molecular flexibility index (Phi) is 8.14. The van der Waals surface area contributed by atoms with Gasteiger partial charge in [0.1, 0.15) is 12.1 Å². The summed E-state index contributed by atoms with van der Waals surface area (Å²) in [4.78, 5) is 16.0. The van der Waals surface area contributed by atoms with Crippen molar-refractivity contribution in [3.8, 4) is 46.0 Å². The fourth-order valence-corrected chi connectivity index (χ4v) is 12.4. The van der Waals surface area contributed by atoms with Crippen LogP contribution in [0.3, 0.4) is 0 Å². The van der Waals surface area contributed by atoms with Crippen LogP contribution in [0.5, 0.6) is 0 Å². The number of rotatable bonds is 5. The zero-order valence-corrected chi connectivity index (χ0v) is 40.7. The van der Waals surface area contributed by atoms with Crippen molar-refractivity contribution in [1.82, 2.24) is 46.4 Å². The van der Waals surface area contributed by atoms with Crippen molar-refractivity contribution in [2.24, 2.45) is 0 Å². The van der Waals surface area contributed by atoms with Gasteiger partial charge in [0.2, 0.25) is 17.3 Å². The molecule has 0 aliphatic carbocycles. The molecule has 12 heteroatoms. The average molecular weight is 985 g/mol. The number of hydrogen-bond acceptors (Lipinski definition) is 5. The van der Waals surface area contributed by atoms with E-state index in [9.17, 15) is 10.5 Å². The fourth-order valence-electron chi connectivity index (χ4n) is 12.4. The summed E-state index contributed by atoms with van der Waals surface area (Å²) in [5.74, 6) is 2.14. The molecule has 0 amide bonds. The smallest absolute Gasteiger partial charge is 0.220 e. The molecule has 0 bridgehead atoms. The first-order valence-corrected chi connectivity index (χ1v) is 25.4. The van der Waals surface area contributed by atoms with Crippen molar-refractivity contribution in [1.29, 1.82) is 10.5 Å². The van der Waals surface area contributed by atoms with Crippen LogP contribution < -0.4 is 0 Å². The molecule has 7 aromatic heterocycles. The molecule has 0 aliphatic heterocycles. The summed E-state index contributed by atoms with van der Waals surface area (Å²) in [5, 5.41) is 24.1. The van der Waals surface area contributed by atoms with Gasteiger partial charge < -0.3 is 4.57 Å². The third kappa shape index (κ3) is 5.44. The first-order valence-electron chi connectivity index (χ1n) is 25.4. The topological polar surface area (TPSA) is 119 Å². The number of nitriles is 2. The number of para-hydroxylation sites is 12. The summed E-state index contributed by atoms with van der Waals surface area (Å²) in [6.07, 6.45) is 0. The molecule has 0 unspecified atom stereocenters. The van der Waals surface area contributed by atoms with Crippen LogP contribution in [-0.4, -0.2) is 46.4 Å². The molecule has 12 nitrogen and oxygen atoms in total. The molecule has 0 spiro atoms. The van der Waals surface area contributed by atoms with E-state index in [0.29, 0.717) is 22.6 Å². The van der Waals surface area contributed by atoms with Gasteiger partial charge in [0.25, 0.3) is 0 Å². The number of fused-ring (bicyclic) bond motifs is 18. The summed E-state index contributed by atoms with van der Waals surface area (Å²) >= 11 is 0. The highest BCUT2D eigenvalue weighted by Crippen LogP contribution is 2.41. The van der Waals surface area contributed by atoms with Crippen molar-refractivity contribution < 1.29 is 0 Å². The van der Waals surface area contributed by atoms with Gasteiger partial charge in [-0.1, -0.05) is 109 Å². The van der Waals surface area contributed by atoms with Gasteiger partial charge in [-0.3, -0.25) is 26.9 Å². The zero-order valence-electron chi connectivity index (χ0n) is 40.7. The molecule has 17 rings (SSSR count). The summed E-state index contributed by atoms with van der Waals surface area (Å²) in [5.41, 5.74) is 19.5. The number of benzene rings is 10. The van der Waals surface area contributed by atoms with Gasteiger partial charge in [-0.25, -0.2) is 15.0 Å². The van der Waals surface area contributed by atoms with E-state index in [1.54, 1.807) is 0 Å². The van der Waals surface area contributed by atoms with Crippen molar-refractivity contribution in [3.05, 3.63) is 230 Å². The summed E-state index contributed by atoms with van der Waals surface area (Å²) in [6.45, 7) is 0. The molecular weight excluding hydrogens is 949 g/mol. The minimum Gasteiger partial charge on any atom is -0.307 e. The molecule has 0 atom stereocenters. The van der Waals surface area contributed by atoms with Crippen molar-refractivity contribution >= 4 is 105 Å². The summed E-state index contributed by atoms with van der Waals surface area (Å²) in [7, 11) is 0. The monoisotopic (exact) mass is 984 g/mol. The number of imidazole rings is 6. The van der Waals surface area contributed by atoms with Gasteiger partial charge in [0.05, 0.1) is 111 Å². The van der Waals surface area contributed by atoms with Crippen LogP contribution in [-0.2, 0) is 0 Å². The highest BCUT2D eigenvalue weighted by atomic mass is 15.3. The second kappa shape index (κ2) is 15.2. The maximum Gasteiger partial charge on any atom is 0.220 e. The third-order valence-corrected chi connectivity index (χ3v) is 15.6. The quantitative estimate of drug-likeness (QED) is 0.170. The minimum atomic E-state index is 0.512. The lowest BCUT2D eigenvalue weighted by Gasteiger charge is -2.16. The Morgan fingerprint density at radius 2 is 0.649 bits per heavy atom. The summed E-state index contributed by atoms with van der Waals surface area (Å²) < 4.78 is 15.4. The van der Waals surface area contributed by atoms with Crippen LogP contribution in [0.4, 0.5) is 0 Å². The standard InChI is InChI=1S/C65H36N12/c66-37-41-15-13-29-57(71-48-20-4-1-17-43(48)44-18-2-5-21-49(44)71)61(41)76-56-28-12-10-26-54(56)75-60-36-40(32-34-47(60)70-65(75)76)39-31-33-46-59(35-39)74-52-24-8-7-23-51(52)73(63(74)69-46)58-30-14-16-42(38-67)62(58)77-55-27-11-9-25-53(55)72-50-22-6-3-19-45(50)68-64(72)77/h1-36H. The predicted molar refractivity (Wildman–Crippen MR) is 305 cm³/mol. The Hall–Kier alpha value is -11.2.